The highest BCUT2D eigenvalue weighted by Gasteiger charge is 2.39. The van der Waals surface area contributed by atoms with E-state index < -0.39 is 18.0 Å². The van der Waals surface area contributed by atoms with E-state index in [4.69, 9.17) is 16.0 Å². The number of aromatic nitrogens is 2. The van der Waals surface area contributed by atoms with Crippen LogP contribution in [0.4, 0.5) is 13.2 Å². The third kappa shape index (κ3) is 3.50. The molecule has 0 saturated carbocycles. The Bertz CT molecular complexity index is 715. The van der Waals surface area contributed by atoms with E-state index in [1.54, 1.807) is 17.0 Å². The molecule has 0 aromatic carbocycles. The molecule has 2 aromatic rings. The number of carbonyl (C=O) groups is 1. The van der Waals surface area contributed by atoms with E-state index in [2.05, 4.69) is 10.2 Å². The summed E-state index contributed by atoms with van der Waals surface area (Å²) in [5, 5.41) is 6.52. The number of alkyl halides is 3. The van der Waals surface area contributed by atoms with Gasteiger partial charge in [-0.25, -0.2) is 0 Å². The quantitative estimate of drug-likeness (QED) is 0.811. The van der Waals surface area contributed by atoms with Crippen LogP contribution in [-0.2, 0) is 6.18 Å². The van der Waals surface area contributed by atoms with Crippen molar-refractivity contribution in [2.24, 2.45) is 0 Å². The van der Waals surface area contributed by atoms with Crippen molar-refractivity contribution >= 4 is 28.8 Å². The van der Waals surface area contributed by atoms with Gasteiger partial charge in [0.15, 0.2) is 0 Å². The summed E-state index contributed by atoms with van der Waals surface area (Å²) in [6, 6.07) is 3.27. The van der Waals surface area contributed by atoms with Crippen LogP contribution in [-0.4, -0.2) is 34.1 Å². The summed E-state index contributed by atoms with van der Waals surface area (Å²) in [4.78, 5) is 14.5. The zero-order chi connectivity index (χ0) is 16.6. The number of nitrogens with zero attached hydrogens (tertiary/aromatic N) is 3. The molecule has 1 amide bonds. The minimum absolute atomic E-state index is 0.0842. The van der Waals surface area contributed by atoms with Gasteiger partial charge in [0.1, 0.15) is 0 Å². The van der Waals surface area contributed by atoms with Crippen LogP contribution in [0.15, 0.2) is 16.5 Å². The summed E-state index contributed by atoms with van der Waals surface area (Å²) in [5.74, 6) is -2.03. The summed E-state index contributed by atoms with van der Waals surface area (Å²) < 4.78 is 42.8. The molecule has 5 nitrogen and oxygen atoms in total. The molecular weight excluding hydrogens is 355 g/mol. The Morgan fingerprint density at radius 2 is 2.17 bits per heavy atom. The van der Waals surface area contributed by atoms with Gasteiger partial charge in [-0.05, 0) is 25.0 Å². The van der Waals surface area contributed by atoms with Gasteiger partial charge in [-0.2, -0.15) is 13.2 Å². The summed E-state index contributed by atoms with van der Waals surface area (Å²) in [6.07, 6.45) is -3.42. The van der Waals surface area contributed by atoms with Crippen molar-refractivity contribution in [1.29, 1.82) is 0 Å². The average Bonchev–Trinajstić information content (AvgIpc) is 3.15. The third-order valence-electron chi connectivity index (χ3n) is 3.52. The predicted molar refractivity (Wildman–Crippen MR) is 76.5 cm³/mol. The second-order valence-corrected chi connectivity index (χ2v) is 6.85. The van der Waals surface area contributed by atoms with Gasteiger partial charge in [-0.15, -0.1) is 21.5 Å². The first-order valence-corrected chi connectivity index (χ1v) is 7.99. The Morgan fingerprint density at radius 3 is 2.78 bits per heavy atom. The standard InChI is InChI=1S/C13H11ClF3N3O2S/c14-9-4-3-8(23-9)11(21)20-5-1-2-7(6-20)10-18-19-12(22-10)13(15,16)17/h3-4,7H,1-2,5-6H2. The molecule has 1 saturated heterocycles. The normalized spacial score (nSPS) is 19.1. The lowest BCUT2D eigenvalue weighted by Gasteiger charge is -2.30. The van der Waals surface area contributed by atoms with Gasteiger partial charge >= 0.3 is 12.1 Å². The van der Waals surface area contributed by atoms with Crippen LogP contribution in [0.2, 0.25) is 4.34 Å². The van der Waals surface area contributed by atoms with Crippen molar-refractivity contribution in [1.82, 2.24) is 15.1 Å². The molecular formula is C13H11ClF3N3O2S. The number of thiophene rings is 1. The summed E-state index contributed by atoms with van der Waals surface area (Å²) in [5.41, 5.74) is 0. The smallest absolute Gasteiger partial charge is 0.417 e. The monoisotopic (exact) mass is 365 g/mol. The van der Waals surface area contributed by atoms with Crippen LogP contribution in [0.3, 0.4) is 0 Å². The number of likely N-dealkylation sites (tertiary alicyclic amines) is 1. The van der Waals surface area contributed by atoms with Crippen molar-refractivity contribution in [3.63, 3.8) is 0 Å². The van der Waals surface area contributed by atoms with Gasteiger partial charge in [0.2, 0.25) is 5.89 Å². The lowest BCUT2D eigenvalue weighted by atomic mass is 9.98. The van der Waals surface area contributed by atoms with Gasteiger partial charge in [0.25, 0.3) is 5.91 Å². The maximum Gasteiger partial charge on any atom is 0.470 e. The average molecular weight is 366 g/mol. The lowest BCUT2D eigenvalue weighted by Crippen LogP contribution is -2.38. The SMILES string of the molecule is O=C(c1ccc(Cl)s1)N1CCCC(c2nnc(C(F)(F)F)o2)C1. The van der Waals surface area contributed by atoms with Crippen molar-refractivity contribution in [3.8, 4) is 0 Å². The highest BCUT2D eigenvalue weighted by molar-refractivity contribution is 7.17. The topological polar surface area (TPSA) is 59.2 Å². The molecule has 1 fully saturated rings. The van der Waals surface area contributed by atoms with E-state index in [1.807, 2.05) is 0 Å². The van der Waals surface area contributed by atoms with Crippen LogP contribution in [0, 0.1) is 0 Å². The number of carbonyl (C=O) groups excluding carboxylic acids is 1. The Hall–Kier alpha value is -1.61. The van der Waals surface area contributed by atoms with Gasteiger partial charge in [-0.3, -0.25) is 4.79 Å². The number of halogens is 4. The molecule has 0 aliphatic carbocycles. The first kappa shape index (κ1) is 16.3. The molecule has 1 aliphatic heterocycles. The largest absolute Gasteiger partial charge is 0.470 e. The molecule has 1 atom stereocenters. The van der Waals surface area contributed by atoms with Crippen molar-refractivity contribution < 1.29 is 22.4 Å². The number of rotatable bonds is 2. The van der Waals surface area contributed by atoms with E-state index in [1.165, 1.54) is 11.3 Å². The van der Waals surface area contributed by atoms with Crippen LogP contribution in [0.5, 0.6) is 0 Å². The lowest BCUT2D eigenvalue weighted by molar-refractivity contribution is -0.157. The van der Waals surface area contributed by atoms with Gasteiger partial charge in [0.05, 0.1) is 15.1 Å². The predicted octanol–water partition coefficient (Wildman–Crippen LogP) is 3.82. The fourth-order valence-electron chi connectivity index (χ4n) is 2.46. The fraction of sp³-hybridized carbons (Fsp3) is 0.462. The molecule has 3 rings (SSSR count). The van der Waals surface area contributed by atoms with E-state index in [9.17, 15) is 18.0 Å². The fourth-order valence-corrected chi connectivity index (χ4v) is 3.47. The molecule has 3 heterocycles. The van der Waals surface area contributed by atoms with Crippen LogP contribution in [0.25, 0.3) is 0 Å². The Morgan fingerprint density at radius 1 is 1.39 bits per heavy atom. The molecule has 0 N–H and O–H groups in total. The zero-order valence-corrected chi connectivity index (χ0v) is 13.2. The number of hydrogen-bond donors (Lipinski definition) is 0. The number of hydrogen-bond acceptors (Lipinski definition) is 5. The molecule has 0 spiro atoms. The van der Waals surface area contributed by atoms with E-state index >= 15 is 0 Å². The Labute approximate surface area is 138 Å². The molecule has 124 valence electrons. The third-order valence-corrected chi connectivity index (χ3v) is 4.74. The molecule has 23 heavy (non-hydrogen) atoms. The van der Waals surface area contributed by atoms with E-state index in [0.717, 1.165) is 0 Å². The zero-order valence-electron chi connectivity index (χ0n) is 11.6. The van der Waals surface area contributed by atoms with Crippen molar-refractivity contribution in [3.05, 3.63) is 33.1 Å². The van der Waals surface area contributed by atoms with Crippen LogP contribution in [0.1, 0.15) is 40.2 Å². The second kappa shape index (κ2) is 6.12. The second-order valence-electron chi connectivity index (χ2n) is 5.14. The number of amides is 1. The van der Waals surface area contributed by atoms with E-state index in [-0.39, 0.29) is 18.3 Å². The number of piperidine rings is 1. The minimum Gasteiger partial charge on any atom is -0.417 e. The van der Waals surface area contributed by atoms with Gasteiger partial charge in [0, 0.05) is 13.1 Å². The minimum atomic E-state index is -4.66. The molecule has 10 heteroatoms. The molecule has 0 radical (unpaired) electrons. The highest BCUT2D eigenvalue weighted by Crippen LogP contribution is 2.32. The maximum atomic E-state index is 12.5. The van der Waals surface area contributed by atoms with Crippen molar-refractivity contribution in [2.45, 2.75) is 24.9 Å². The first-order chi connectivity index (χ1) is 10.8. The summed E-state index contributed by atoms with van der Waals surface area (Å²) in [6.45, 7) is 0.777. The molecule has 2 aromatic heterocycles. The highest BCUT2D eigenvalue weighted by atomic mass is 35.5. The Kier molecular flexibility index (Phi) is 4.33. The molecule has 1 unspecified atom stereocenters. The van der Waals surface area contributed by atoms with Gasteiger partial charge in [-0.1, -0.05) is 11.6 Å². The maximum absolute atomic E-state index is 12.5. The van der Waals surface area contributed by atoms with Gasteiger partial charge < -0.3 is 9.32 Å². The molecule has 0 bridgehead atoms. The summed E-state index contributed by atoms with van der Waals surface area (Å²) in [7, 11) is 0. The Balaban J connectivity index is 1.73. The van der Waals surface area contributed by atoms with Crippen molar-refractivity contribution in [2.75, 3.05) is 13.1 Å². The van der Waals surface area contributed by atoms with E-state index in [0.29, 0.717) is 28.6 Å². The van der Waals surface area contributed by atoms with Crippen LogP contribution < -0.4 is 0 Å². The summed E-state index contributed by atoms with van der Waals surface area (Å²) >= 11 is 6.99. The first-order valence-electron chi connectivity index (χ1n) is 6.80. The molecule has 1 aliphatic rings. The van der Waals surface area contributed by atoms with Crippen LogP contribution >= 0.6 is 22.9 Å².